The van der Waals surface area contributed by atoms with Gasteiger partial charge in [0.25, 0.3) is 5.91 Å². The summed E-state index contributed by atoms with van der Waals surface area (Å²) in [6, 6.07) is 11.1. The van der Waals surface area contributed by atoms with Gasteiger partial charge in [0.2, 0.25) is 0 Å². The average molecular weight is 258 g/mol. The third-order valence-electron chi connectivity index (χ3n) is 2.86. The number of anilines is 2. The number of rotatable bonds is 3. The Morgan fingerprint density at radius 1 is 1.11 bits per heavy atom. The summed E-state index contributed by atoms with van der Waals surface area (Å²) < 4.78 is 12.8. The van der Waals surface area contributed by atoms with Gasteiger partial charge in [0.15, 0.2) is 0 Å². The first kappa shape index (κ1) is 13.1. The van der Waals surface area contributed by atoms with E-state index in [-0.39, 0.29) is 11.7 Å². The Morgan fingerprint density at radius 2 is 1.79 bits per heavy atom. The van der Waals surface area contributed by atoms with Crippen LogP contribution in [0.4, 0.5) is 15.8 Å². The molecule has 0 fully saturated rings. The van der Waals surface area contributed by atoms with Crippen molar-refractivity contribution >= 4 is 17.3 Å². The normalized spacial score (nSPS) is 10.1. The number of halogens is 1. The minimum absolute atomic E-state index is 0.211. The zero-order valence-corrected chi connectivity index (χ0v) is 10.8. The fourth-order valence-corrected chi connectivity index (χ4v) is 1.82. The monoisotopic (exact) mass is 258 g/mol. The molecular formula is C15H15FN2O. The van der Waals surface area contributed by atoms with Crippen LogP contribution in [0.1, 0.15) is 15.9 Å². The fraction of sp³-hybridized carbons (Fsp3) is 0.133. The number of carbonyl (C=O) groups is 1. The molecule has 3 nitrogen and oxygen atoms in total. The van der Waals surface area contributed by atoms with Crippen molar-refractivity contribution in [3.05, 3.63) is 59.4 Å². The van der Waals surface area contributed by atoms with Crippen molar-refractivity contribution in [2.75, 3.05) is 17.7 Å². The first-order chi connectivity index (χ1) is 9.10. The third kappa shape index (κ3) is 3.10. The molecule has 0 aliphatic rings. The predicted octanol–water partition coefficient (Wildman–Crippen LogP) is 3.43. The quantitative estimate of drug-likeness (QED) is 0.885. The summed E-state index contributed by atoms with van der Waals surface area (Å²) in [5.41, 5.74) is 3.12. The van der Waals surface area contributed by atoms with Crippen molar-refractivity contribution in [2.24, 2.45) is 0 Å². The lowest BCUT2D eigenvalue weighted by molar-refractivity contribution is 0.102. The lowest BCUT2D eigenvalue weighted by Gasteiger charge is -2.09. The van der Waals surface area contributed by atoms with Crippen LogP contribution < -0.4 is 10.6 Å². The van der Waals surface area contributed by atoms with E-state index in [9.17, 15) is 9.18 Å². The number of benzene rings is 2. The second-order valence-corrected chi connectivity index (χ2v) is 4.24. The Bertz CT molecular complexity index is 594. The van der Waals surface area contributed by atoms with Crippen LogP contribution in [-0.2, 0) is 0 Å². The van der Waals surface area contributed by atoms with Gasteiger partial charge in [-0.2, -0.15) is 0 Å². The van der Waals surface area contributed by atoms with Gasteiger partial charge in [-0.1, -0.05) is 0 Å². The molecule has 0 atom stereocenters. The molecule has 19 heavy (non-hydrogen) atoms. The van der Waals surface area contributed by atoms with Crippen LogP contribution in [0.25, 0.3) is 0 Å². The Labute approximate surface area is 111 Å². The van der Waals surface area contributed by atoms with Crippen molar-refractivity contribution in [3.63, 3.8) is 0 Å². The second-order valence-electron chi connectivity index (χ2n) is 4.24. The molecule has 0 aliphatic heterocycles. The second kappa shape index (κ2) is 5.52. The lowest BCUT2D eigenvalue weighted by atomic mass is 10.1. The van der Waals surface area contributed by atoms with Gasteiger partial charge in [-0.15, -0.1) is 0 Å². The van der Waals surface area contributed by atoms with E-state index in [0.29, 0.717) is 11.3 Å². The van der Waals surface area contributed by atoms with Crippen LogP contribution in [0.15, 0.2) is 42.5 Å². The van der Waals surface area contributed by atoms with Crippen LogP contribution in [0.5, 0.6) is 0 Å². The standard InChI is InChI=1S/C15H15FN2O/c1-10-9-11(3-8-14(10)17-2)15(19)18-13-6-4-12(16)5-7-13/h3-9,17H,1-2H3,(H,18,19). The molecule has 1 amide bonds. The van der Waals surface area contributed by atoms with Crippen molar-refractivity contribution in [3.8, 4) is 0 Å². The van der Waals surface area contributed by atoms with Crippen molar-refractivity contribution in [2.45, 2.75) is 6.92 Å². The topological polar surface area (TPSA) is 41.1 Å². The molecule has 0 spiro atoms. The Hall–Kier alpha value is -2.36. The lowest BCUT2D eigenvalue weighted by Crippen LogP contribution is -2.12. The van der Waals surface area contributed by atoms with Crippen molar-refractivity contribution in [1.29, 1.82) is 0 Å². The van der Waals surface area contributed by atoms with Crippen LogP contribution >= 0.6 is 0 Å². The smallest absolute Gasteiger partial charge is 0.255 e. The van der Waals surface area contributed by atoms with E-state index < -0.39 is 0 Å². The molecule has 2 rings (SSSR count). The van der Waals surface area contributed by atoms with Gasteiger partial charge in [0.05, 0.1) is 0 Å². The van der Waals surface area contributed by atoms with Crippen LogP contribution in [0.2, 0.25) is 0 Å². The molecule has 98 valence electrons. The first-order valence-electron chi connectivity index (χ1n) is 5.95. The Morgan fingerprint density at radius 3 is 2.37 bits per heavy atom. The van der Waals surface area contributed by atoms with Crippen LogP contribution in [0.3, 0.4) is 0 Å². The van der Waals surface area contributed by atoms with Crippen LogP contribution in [0, 0.1) is 12.7 Å². The summed E-state index contributed by atoms with van der Waals surface area (Å²) in [6.07, 6.45) is 0. The maximum Gasteiger partial charge on any atom is 0.255 e. The van der Waals surface area contributed by atoms with Crippen LogP contribution in [-0.4, -0.2) is 13.0 Å². The molecule has 0 heterocycles. The molecular weight excluding hydrogens is 243 g/mol. The fourth-order valence-electron chi connectivity index (χ4n) is 1.82. The Kier molecular flexibility index (Phi) is 3.80. The van der Waals surface area contributed by atoms with Gasteiger partial charge in [-0.25, -0.2) is 4.39 Å². The minimum Gasteiger partial charge on any atom is -0.388 e. The number of amides is 1. The van der Waals surface area contributed by atoms with Crippen molar-refractivity contribution < 1.29 is 9.18 Å². The summed E-state index contributed by atoms with van der Waals surface area (Å²) in [5.74, 6) is -0.537. The van der Waals surface area contributed by atoms with E-state index in [0.717, 1.165) is 11.3 Å². The summed E-state index contributed by atoms with van der Waals surface area (Å²) in [5, 5.41) is 5.77. The molecule has 0 aromatic heterocycles. The molecule has 0 bridgehead atoms. The first-order valence-corrected chi connectivity index (χ1v) is 5.95. The van der Waals surface area contributed by atoms with E-state index in [1.807, 2.05) is 26.1 Å². The molecule has 0 aliphatic carbocycles. The summed E-state index contributed by atoms with van der Waals surface area (Å²) in [6.45, 7) is 1.93. The molecule has 2 N–H and O–H groups in total. The molecule has 4 heteroatoms. The summed E-state index contributed by atoms with van der Waals surface area (Å²) in [7, 11) is 1.83. The van der Waals surface area contributed by atoms with E-state index >= 15 is 0 Å². The SMILES string of the molecule is CNc1ccc(C(=O)Nc2ccc(F)cc2)cc1C. The summed E-state index contributed by atoms with van der Waals surface area (Å²) in [4.78, 5) is 12.0. The van der Waals surface area contributed by atoms with Gasteiger partial charge >= 0.3 is 0 Å². The van der Waals surface area contributed by atoms with Gasteiger partial charge in [-0.3, -0.25) is 4.79 Å². The van der Waals surface area contributed by atoms with Gasteiger partial charge in [0.1, 0.15) is 5.82 Å². The molecule has 0 saturated heterocycles. The highest BCUT2D eigenvalue weighted by molar-refractivity contribution is 6.04. The van der Waals surface area contributed by atoms with Gasteiger partial charge < -0.3 is 10.6 Å². The highest BCUT2D eigenvalue weighted by atomic mass is 19.1. The third-order valence-corrected chi connectivity index (χ3v) is 2.86. The van der Waals surface area contributed by atoms with E-state index in [4.69, 9.17) is 0 Å². The Balaban J connectivity index is 2.16. The highest BCUT2D eigenvalue weighted by Crippen LogP contribution is 2.17. The highest BCUT2D eigenvalue weighted by Gasteiger charge is 2.07. The van der Waals surface area contributed by atoms with Gasteiger partial charge in [0, 0.05) is 24.0 Å². The van der Waals surface area contributed by atoms with E-state index in [2.05, 4.69) is 10.6 Å². The van der Waals surface area contributed by atoms with Crippen molar-refractivity contribution in [1.82, 2.24) is 0 Å². The molecule has 2 aromatic carbocycles. The molecule has 0 radical (unpaired) electrons. The zero-order chi connectivity index (χ0) is 13.8. The number of hydrogen-bond acceptors (Lipinski definition) is 2. The number of aryl methyl sites for hydroxylation is 1. The number of carbonyl (C=O) groups excluding carboxylic acids is 1. The minimum atomic E-state index is -0.327. The average Bonchev–Trinajstić information content (AvgIpc) is 2.41. The van der Waals surface area contributed by atoms with Gasteiger partial charge in [-0.05, 0) is 55.0 Å². The number of hydrogen-bond donors (Lipinski definition) is 2. The maximum absolute atomic E-state index is 12.8. The molecule has 0 saturated carbocycles. The number of nitrogens with one attached hydrogen (secondary N) is 2. The predicted molar refractivity (Wildman–Crippen MR) is 75.1 cm³/mol. The molecule has 2 aromatic rings. The zero-order valence-electron chi connectivity index (χ0n) is 10.8. The largest absolute Gasteiger partial charge is 0.388 e. The van der Waals surface area contributed by atoms with E-state index in [1.165, 1.54) is 24.3 Å². The van der Waals surface area contributed by atoms with E-state index in [1.54, 1.807) is 6.07 Å². The maximum atomic E-state index is 12.8. The molecule has 0 unspecified atom stereocenters. The summed E-state index contributed by atoms with van der Waals surface area (Å²) >= 11 is 0.